The van der Waals surface area contributed by atoms with Gasteiger partial charge >= 0.3 is 0 Å². The summed E-state index contributed by atoms with van der Waals surface area (Å²) in [5.74, 6) is -0.971. The van der Waals surface area contributed by atoms with E-state index in [0.717, 1.165) is 0 Å². The number of azide groups is 3. The monoisotopic (exact) mass is 2040 g/mol. The second kappa shape index (κ2) is 121. The van der Waals surface area contributed by atoms with Gasteiger partial charge in [0.1, 0.15) is 5.78 Å². The van der Waals surface area contributed by atoms with Gasteiger partial charge in [-0.05, 0) is 23.5 Å². The molecule has 52 heteroatoms. The van der Waals surface area contributed by atoms with Crippen molar-refractivity contribution in [1.29, 1.82) is 0 Å². The molecule has 0 aromatic rings. The highest BCUT2D eigenvalue weighted by Crippen LogP contribution is 2.26. The molecule has 0 atom stereocenters. The fourth-order valence-corrected chi connectivity index (χ4v) is 10.6. The summed E-state index contributed by atoms with van der Waals surface area (Å²) in [6.45, 7) is 30.3. The maximum absolute atomic E-state index is 12.8. The van der Waals surface area contributed by atoms with Gasteiger partial charge < -0.3 is 191 Å². The van der Waals surface area contributed by atoms with Crippen molar-refractivity contribution in [2.75, 3.05) is 515 Å². The summed E-state index contributed by atoms with van der Waals surface area (Å²) in [6.07, 6.45) is 0.0543. The standard InChI is InChI=1S/C88H170N12O40/c1-84(101)80-88(81-138-11-2-85(102)92-5-14-105-20-26-111-32-38-117-44-50-123-56-62-129-68-74-135-77-71-132-65-59-126-53-47-120-41-35-114-29-23-108-17-8-95-98-89,82-139-12-3-86(103)93-6-15-106-21-27-112-33-39-118-45-51-124-57-63-130-69-75-136-78-72-133-66-60-127-54-48-121-42-36-115-30-24-109-18-9-96-99-90)83-140-13-4-87(104)94-7-16-107-22-28-113-34-40-119-46-52-125-58-64-131-70-76-137-79-73-134-67-61-128-55-49-122-43-37-116-31-25-110-19-10-97-100-91/h2-83H2,1H3,(H,92,102)(H,93,103)(H,94,104). The van der Waals surface area contributed by atoms with Crippen molar-refractivity contribution in [3.8, 4) is 0 Å². The van der Waals surface area contributed by atoms with Gasteiger partial charge in [0.15, 0.2) is 0 Å². The van der Waals surface area contributed by atoms with Gasteiger partial charge in [-0.1, -0.05) is 15.3 Å². The molecule has 0 unspecified atom stereocenters. The number of nitrogens with zero attached hydrogens (tertiary/aromatic N) is 9. The molecule has 0 aliphatic rings. The number of carbonyl (C=O) groups is 4. The van der Waals surface area contributed by atoms with Crippen LogP contribution in [-0.4, -0.2) is 538 Å². The van der Waals surface area contributed by atoms with Gasteiger partial charge in [0, 0.05) is 85.1 Å². The number of hydrogen-bond donors (Lipinski definition) is 3. The van der Waals surface area contributed by atoms with Crippen LogP contribution in [0.15, 0.2) is 15.3 Å². The van der Waals surface area contributed by atoms with Crippen LogP contribution < -0.4 is 16.0 Å². The molecule has 0 aliphatic carbocycles. The van der Waals surface area contributed by atoms with Gasteiger partial charge in [0.25, 0.3) is 0 Å². The third kappa shape index (κ3) is 116. The molecule has 0 saturated heterocycles. The van der Waals surface area contributed by atoms with Crippen LogP contribution in [-0.2, 0) is 190 Å². The minimum Gasteiger partial charge on any atom is -0.380 e. The summed E-state index contributed by atoms with van der Waals surface area (Å²) in [5.41, 5.74) is 23.6. The van der Waals surface area contributed by atoms with E-state index in [0.29, 0.717) is 436 Å². The minimum atomic E-state index is -1.02. The highest BCUT2D eigenvalue weighted by atomic mass is 16.6. The summed E-state index contributed by atoms with van der Waals surface area (Å²) >= 11 is 0. The predicted octanol–water partition coefficient (Wildman–Crippen LogP) is 2.00. The van der Waals surface area contributed by atoms with Crippen molar-refractivity contribution in [1.82, 2.24) is 16.0 Å². The minimum absolute atomic E-state index is 0.00845. The summed E-state index contributed by atoms with van der Waals surface area (Å²) in [5, 5.41) is 18.6. The van der Waals surface area contributed by atoms with E-state index in [1.54, 1.807) is 0 Å². The Morgan fingerprint density at radius 2 is 0.307 bits per heavy atom. The molecule has 0 aliphatic heterocycles. The van der Waals surface area contributed by atoms with Crippen molar-refractivity contribution in [3.63, 3.8) is 0 Å². The number of ketones is 1. The Bertz CT molecular complexity index is 2470. The van der Waals surface area contributed by atoms with Crippen molar-refractivity contribution in [2.24, 2.45) is 20.8 Å². The van der Waals surface area contributed by atoms with E-state index >= 15 is 0 Å². The lowest BCUT2D eigenvalue weighted by molar-refractivity contribution is -0.131. The zero-order valence-electron chi connectivity index (χ0n) is 83.3. The summed E-state index contributed by atoms with van der Waals surface area (Å²) in [4.78, 5) is 59.3. The van der Waals surface area contributed by atoms with Crippen molar-refractivity contribution in [2.45, 2.75) is 32.6 Å². The molecule has 0 bridgehead atoms. The maximum Gasteiger partial charge on any atom is 0.222 e. The third-order valence-corrected chi connectivity index (χ3v) is 17.3. The van der Waals surface area contributed by atoms with Gasteiger partial charge in [-0.2, -0.15) is 0 Å². The average Bonchev–Trinajstić information content (AvgIpc) is 0.858. The first kappa shape index (κ1) is 135. The SMILES string of the molecule is CC(=O)CC(COCCC(=O)NCCOCCOCCOCCOCCOCCOCCOCCOCCOCCOCCOCCN=[N+]=[N-])(COCCC(=O)NCCOCCOCCOCCOCCOCCOCCOCCOCCOCCOCCOCCN=[N+]=[N-])COCCC(=O)NCCOCCOCCOCCOCCOCCOCCOCCOCCOCCOCCOCCN=[N+]=[N-]. The molecular weight excluding hydrogens is 1870 g/mol. The van der Waals surface area contributed by atoms with Crippen LogP contribution in [0.4, 0.5) is 0 Å². The van der Waals surface area contributed by atoms with Crippen LogP contribution in [0.5, 0.6) is 0 Å². The Morgan fingerprint density at radius 1 is 0.186 bits per heavy atom. The second-order valence-electron chi connectivity index (χ2n) is 28.9. The lowest BCUT2D eigenvalue weighted by Gasteiger charge is -2.32. The van der Waals surface area contributed by atoms with Gasteiger partial charge in [0.05, 0.1) is 476 Å². The number of ether oxygens (including phenoxy) is 36. The Kier molecular flexibility index (Phi) is 116. The lowest BCUT2D eigenvalue weighted by Crippen LogP contribution is -2.40. The number of rotatable bonds is 125. The van der Waals surface area contributed by atoms with Gasteiger partial charge in [-0.25, -0.2) is 0 Å². The highest BCUT2D eigenvalue weighted by molar-refractivity contribution is 5.77. The molecule has 3 amide bonds. The van der Waals surface area contributed by atoms with Crippen molar-refractivity contribution < 1.29 is 190 Å². The largest absolute Gasteiger partial charge is 0.380 e. The van der Waals surface area contributed by atoms with Crippen LogP contribution in [0.3, 0.4) is 0 Å². The molecule has 0 spiro atoms. The molecule has 0 fully saturated rings. The van der Waals surface area contributed by atoms with E-state index in [1.165, 1.54) is 6.92 Å². The van der Waals surface area contributed by atoms with Crippen molar-refractivity contribution >= 4 is 23.5 Å². The Hall–Kier alpha value is -5.43. The number of nitrogens with one attached hydrogen (secondary N) is 3. The first-order valence-electron chi connectivity index (χ1n) is 48.4. The summed E-state index contributed by atoms with van der Waals surface area (Å²) in [7, 11) is 0. The molecule has 140 heavy (non-hydrogen) atoms. The molecule has 0 rings (SSSR count). The first-order chi connectivity index (χ1) is 69.3. The molecule has 0 heterocycles. The van der Waals surface area contributed by atoms with Crippen molar-refractivity contribution in [3.05, 3.63) is 31.3 Å². The quantitative estimate of drug-likeness (QED) is 0.0339. The topological polar surface area (TPSA) is 583 Å². The predicted molar refractivity (Wildman–Crippen MR) is 502 cm³/mol. The maximum atomic E-state index is 12.8. The number of carbonyl (C=O) groups excluding carboxylic acids is 4. The van der Waals surface area contributed by atoms with E-state index in [4.69, 9.17) is 187 Å². The zero-order valence-corrected chi connectivity index (χ0v) is 83.3. The lowest BCUT2D eigenvalue weighted by atomic mass is 9.85. The van der Waals surface area contributed by atoms with E-state index in [-0.39, 0.29) is 128 Å². The molecule has 0 aromatic carbocycles. The van der Waals surface area contributed by atoms with Crippen LogP contribution in [0.1, 0.15) is 32.6 Å². The average molecular weight is 2040 g/mol. The molecule has 0 saturated carbocycles. The molecule has 3 N–H and O–H groups in total. The Balaban J connectivity index is 4.43. The molecule has 0 radical (unpaired) electrons. The third-order valence-electron chi connectivity index (χ3n) is 17.3. The van der Waals surface area contributed by atoms with Crippen LogP contribution >= 0.6 is 0 Å². The summed E-state index contributed by atoms with van der Waals surface area (Å²) < 4.78 is 200. The Labute approximate surface area is 825 Å². The number of amides is 3. The van der Waals surface area contributed by atoms with Gasteiger partial charge in [0.2, 0.25) is 17.7 Å². The molecular formula is C88H170N12O40. The van der Waals surface area contributed by atoms with Crippen LogP contribution in [0.25, 0.3) is 31.3 Å². The van der Waals surface area contributed by atoms with Crippen LogP contribution in [0, 0.1) is 5.41 Å². The van der Waals surface area contributed by atoms with E-state index < -0.39 is 5.41 Å². The van der Waals surface area contributed by atoms with E-state index in [9.17, 15) is 19.2 Å². The molecule has 52 nitrogen and oxygen atoms in total. The Morgan fingerprint density at radius 3 is 0.429 bits per heavy atom. The zero-order chi connectivity index (χ0) is 101. The summed E-state index contributed by atoms with van der Waals surface area (Å²) in [6, 6.07) is 0. The fraction of sp³-hybridized carbons (Fsp3) is 0.955. The normalized spacial score (nSPS) is 11.9. The smallest absolute Gasteiger partial charge is 0.222 e. The number of hydrogen-bond acceptors (Lipinski definition) is 43. The van der Waals surface area contributed by atoms with E-state index in [1.807, 2.05) is 0 Å². The second-order valence-corrected chi connectivity index (χ2v) is 28.9. The molecule has 0 aromatic heterocycles. The number of Topliss-reactive ketones (excluding diaryl/α,β-unsaturated/α-hetero) is 1. The molecule has 822 valence electrons. The van der Waals surface area contributed by atoms with Crippen LogP contribution in [0.2, 0.25) is 0 Å². The fourth-order valence-electron chi connectivity index (χ4n) is 10.6. The first-order valence-corrected chi connectivity index (χ1v) is 48.4. The van der Waals surface area contributed by atoms with Gasteiger partial charge in [-0.15, -0.1) is 0 Å². The van der Waals surface area contributed by atoms with E-state index in [2.05, 4.69) is 46.0 Å². The highest BCUT2D eigenvalue weighted by Gasteiger charge is 2.34. The van der Waals surface area contributed by atoms with Gasteiger partial charge in [-0.3, -0.25) is 14.4 Å².